The predicted octanol–water partition coefficient (Wildman–Crippen LogP) is 7.20. The van der Waals surface area contributed by atoms with Crippen LogP contribution < -0.4 is 5.32 Å². The molecule has 0 bridgehead atoms. The highest BCUT2D eigenvalue weighted by Crippen LogP contribution is 2.29. The van der Waals surface area contributed by atoms with Crippen molar-refractivity contribution in [3.05, 3.63) is 123 Å². The fourth-order valence-corrected chi connectivity index (χ4v) is 5.27. The molecule has 1 amide bonds. The van der Waals surface area contributed by atoms with E-state index in [4.69, 9.17) is 4.98 Å². The highest BCUT2D eigenvalue weighted by Gasteiger charge is 2.19. The first-order valence-electron chi connectivity index (χ1n) is 13.1. The summed E-state index contributed by atoms with van der Waals surface area (Å²) in [6, 6.07) is 30.5. The molecule has 1 unspecified atom stereocenters. The van der Waals surface area contributed by atoms with Crippen LogP contribution in [0.3, 0.4) is 0 Å². The van der Waals surface area contributed by atoms with Gasteiger partial charge < -0.3 is 5.32 Å². The normalized spacial score (nSPS) is 12.1. The fourth-order valence-electron chi connectivity index (χ4n) is 4.45. The summed E-state index contributed by atoms with van der Waals surface area (Å²) in [7, 11) is 0. The molecule has 4 aromatic rings. The molecule has 1 atom stereocenters. The van der Waals surface area contributed by atoms with Gasteiger partial charge in [0.05, 0.1) is 6.54 Å². The Balaban J connectivity index is 1.52. The van der Waals surface area contributed by atoms with Gasteiger partial charge in [-0.2, -0.15) is 0 Å². The molecule has 0 aliphatic heterocycles. The number of hydrogen-bond acceptors (Lipinski definition) is 4. The molecule has 5 heteroatoms. The summed E-state index contributed by atoms with van der Waals surface area (Å²) in [6.07, 6.45) is 1.89. The quantitative estimate of drug-likeness (QED) is 0.219. The molecule has 1 N–H and O–H groups in total. The third-order valence-corrected chi connectivity index (χ3v) is 7.63. The number of carbonyl (C=O) groups excluding carboxylic acids is 1. The summed E-state index contributed by atoms with van der Waals surface area (Å²) >= 11 is 1.57. The maximum atomic E-state index is 12.6. The maximum absolute atomic E-state index is 12.6. The van der Waals surface area contributed by atoms with Crippen molar-refractivity contribution in [3.63, 3.8) is 0 Å². The van der Waals surface area contributed by atoms with Crippen LogP contribution >= 0.6 is 11.3 Å². The Hall–Kier alpha value is -3.28. The van der Waals surface area contributed by atoms with Gasteiger partial charge in [-0.25, -0.2) is 4.98 Å². The Labute approximate surface area is 225 Å². The second-order valence-corrected chi connectivity index (χ2v) is 10.7. The van der Waals surface area contributed by atoms with Crippen molar-refractivity contribution in [2.75, 3.05) is 6.54 Å². The van der Waals surface area contributed by atoms with E-state index in [1.165, 1.54) is 22.3 Å². The Morgan fingerprint density at radius 2 is 1.54 bits per heavy atom. The molecular formula is C32H37N3OS. The molecule has 0 spiro atoms. The highest BCUT2D eigenvalue weighted by molar-refractivity contribution is 7.09. The molecule has 0 aliphatic rings. The number of rotatable bonds is 12. The number of benzene rings is 3. The molecule has 0 fully saturated rings. The Bertz CT molecular complexity index is 1200. The molecule has 0 saturated carbocycles. The summed E-state index contributed by atoms with van der Waals surface area (Å²) in [5, 5.41) is 5.88. The van der Waals surface area contributed by atoms with Crippen LogP contribution in [-0.4, -0.2) is 28.4 Å². The molecule has 0 aliphatic carbocycles. The van der Waals surface area contributed by atoms with E-state index in [0.717, 1.165) is 30.9 Å². The minimum absolute atomic E-state index is 0.0878. The first kappa shape index (κ1) is 26.8. The molecule has 1 aromatic heterocycles. The van der Waals surface area contributed by atoms with E-state index >= 15 is 0 Å². The van der Waals surface area contributed by atoms with Gasteiger partial charge in [-0.05, 0) is 49.9 Å². The first-order chi connectivity index (χ1) is 18.0. The molecule has 4 rings (SSSR count). The van der Waals surface area contributed by atoms with Crippen LogP contribution in [0.1, 0.15) is 70.4 Å². The third kappa shape index (κ3) is 7.85. The van der Waals surface area contributed by atoms with Gasteiger partial charge in [0.1, 0.15) is 10.7 Å². The molecular weight excluding hydrogens is 474 g/mol. The van der Waals surface area contributed by atoms with Crippen molar-refractivity contribution in [3.8, 4) is 0 Å². The van der Waals surface area contributed by atoms with Gasteiger partial charge >= 0.3 is 0 Å². The van der Waals surface area contributed by atoms with Crippen molar-refractivity contribution in [2.45, 2.75) is 58.7 Å². The van der Waals surface area contributed by atoms with Gasteiger partial charge in [-0.15, -0.1) is 11.3 Å². The average Bonchev–Trinajstić information content (AvgIpc) is 3.40. The van der Waals surface area contributed by atoms with Crippen molar-refractivity contribution >= 4 is 17.2 Å². The number of nitrogens with one attached hydrogen (secondary N) is 1. The zero-order chi connectivity index (χ0) is 26.0. The SMILES string of the molecule is CCC(C)NC(=O)c1csc(CN(CCC(c2ccccc2)c2ccccc2)Cc2ccc(C)cc2)n1. The van der Waals surface area contributed by atoms with E-state index in [0.29, 0.717) is 18.2 Å². The summed E-state index contributed by atoms with van der Waals surface area (Å²) in [5.41, 5.74) is 5.74. The number of hydrogen-bond donors (Lipinski definition) is 1. The Morgan fingerprint density at radius 1 is 0.919 bits per heavy atom. The van der Waals surface area contributed by atoms with E-state index < -0.39 is 0 Å². The van der Waals surface area contributed by atoms with Gasteiger partial charge in [-0.1, -0.05) is 97.4 Å². The molecule has 0 saturated heterocycles. The largest absolute Gasteiger partial charge is 0.348 e. The molecule has 3 aromatic carbocycles. The fraction of sp³-hybridized carbons (Fsp3) is 0.312. The maximum Gasteiger partial charge on any atom is 0.270 e. The van der Waals surface area contributed by atoms with Crippen molar-refractivity contribution < 1.29 is 4.79 Å². The minimum Gasteiger partial charge on any atom is -0.348 e. The number of aromatic nitrogens is 1. The number of amides is 1. The standard InChI is InChI=1S/C32H37N3OS/c1-4-25(3)33-32(36)30-23-37-31(34-30)22-35(21-26-17-15-24(2)16-18-26)20-19-29(27-11-7-5-8-12-27)28-13-9-6-10-14-28/h5-18,23,25,29H,4,19-22H2,1-3H3,(H,33,36). The zero-order valence-corrected chi connectivity index (χ0v) is 22.9. The van der Waals surface area contributed by atoms with Crippen molar-refractivity contribution in [1.29, 1.82) is 0 Å². The number of thiazole rings is 1. The van der Waals surface area contributed by atoms with Crippen LogP contribution in [0.25, 0.3) is 0 Å². The molecule has 37 heavy (non-hydrogen) atoms. The van der Waals surface area contributed by atoms with E-state index in [9.17, 15) is 4.79 Å². The highest BCUT2D eigenvalue weighted by atomic mass is 32.1. The molecule has 192 valence electrons. The zero-order valence-electron chi connectivity index (χ0n) is 22.1. The second-order valence-electron chi connectivity index (χ2n) is 9.77. The van der Waals surface area contributed by atoms with Crippen LogP contribution in [0.15, 0.2) is 90.3 Å². The van der Waals surface area contributed by atoms with Gasteiger partial charge in [0.15, 0.2) is 0 Å². The Kier molecular flexibility index (Phi) is 9.64. The minimum atomic E-state index is -0.0878. The van der Waals surface area contributed by atoms with Crippen molar-refractivity contribution in [1.82, 2.24) is 15.2 Å². The van der Waals surface area contributed by atoms with E-state index in [1.807, 2.05) is 12.3 Å². The number of carbonyl (C=O) groups is 1. The molecule has 4 nitrogen and oxygen atoms in total. The number of aryl methyl sites for hydroxylation is 1. The lowest BCUT2D eigenvalue weighted by atomic mass is 9.88. The first-order valence-corrected chi connectivity index (χ1v) is 14.0. The van der Waals surface area contributed by atoms with E-state index in [1.54, 1.807) is 11.3 Å². The second kappa shape index (κ2) is 13.3. The molecule has 1 heterocycles. The van der Waals surface area contributed by atoms with Gasteiger partial charge in [0, 0.05) is 23.9 Å². The van der Waals surface area contributed by atoms with Crippen LogP contribution in [0.5, 0.6) is 0 Å². The van der Waals surface area contributed by atoms with Gasteiger partial charge in [0.2, 0.25) is 0 Å². The topological polar surface area (TPSA) is 45.2 Å². The van der Waals surface area contributed by atoms with Crippen LogP contribution in [0.4, 0.5) is 0 Å². The monoisotopic (exact) mass is 511 g/mol. The smallest absolute Gasteiger partial charge is 0.270 e. The lowest BCUT2D eigenvalue weighted by molar-refractivity contribution is 0.0934. The van der Waals surface area contributed by atoms with Gasteiger partial charge in [0.25, 0.3) is 5.91 Å². The van der Waals surface area contributed by atoms with Crippen LogP contribution in [0.2, 0.25) is 0 Å². The lowest BCUT2D eigenvalue weighted by Gasteiger charge is -2.25. The molecule has 0 radical (unpaired) electrons. The van der Waals surface area contributed by atoms with Crippen LogP contribution in [-0.2, 0) is 13.1 Å². The van der Waals surface area contributed by atoms with E-state index in [2.05, 4.69) is 109 Å². The van der Waals surface area contributed by atoms with Gasteiger partial charge in [-0.3, -0.25) is 9.69 Å². The summed E-state index contributed by atoms with van der Waals surface area (Å²) in [6.45, 7) is 8.67. The van der Waals surface area contributed by atoms with Crippen molar-refractivity contribution in [2.24, 2.45) is 0 Å². The third-order valence-electron chi connectivity index (χ3n) is 6.80. The average molecular weight is 512 g/mol. The predicted molar refractivity (Wildman–Crippen MR) is 154 cm³/mol. The number of nitrogens with zero attached hydrogens (tertiary/aromatic N) is 2. The Morgan fingerprint density at radius 3 is 2.14 bits per heavy atom. The summed E-state index contributed by atoms with van der Waals surface area (Å²) < 4.78 is 0. The van der Waals surface area contributed by atoms with Crippen LogP contribution in [0, 0.1) is 6.92 Å². The lowest BCUT2D eigenvalue weighted by Crippen LogP contribution is -2.32. The summed E-state index contributed by atoms with van der Waals surface area (Å²) in [5.74, 6) is 0.228. The summed E-state index contributed by atoms with van der Waals surface area (Å²) in [4.78, 5) is 19.7. The van der Waals surface area contributed by atoms with E-state index in [-0.39, 0.29) is 11.9 Å².